The molecule has 0 bridgehead atoms. The summed E-state index contributed by atoms with van der Waals surface area (Å²) in [6, 6.07) is 19.9. The Morgan fingerprint density at radius 3 is 1.81 bits per heavy atom. The summed E-state index contributed by atoms with van der Waals surface area (Å²) >= 11 is 2.72. The molecule has 0 saturated heterocycles. The van der Waals surface area contributed by atoms with Crippen LogP contribution in [0.1, 0.15) is 58.8 Å². The molecule has 5 amide bonds. The van der Waals surface area contributed by atoms with Gasteiger partial charge in [0.2, 0.25) is 11.6 Å². The second-order valence-corrected chi connectivity index (χ2v) is 17.6. The first kappa shape index (κ1) is 44.7. The lowest BCUT2D eigenvalue weighted by Gasteiger charge is -2.18. The number of amides is 5. The van der Waals surface area contributed by atoms with E-state index in [0.717, 1.165) is 44.1 Å². The molecule has 7 aromatic rings. The number of hydrogen-bond donors (Lipinski definition) is 7. The van der Waals surface area contributed by atoms with Crippen LogP contribution in [0.2, 0.25) is 0 Å². The van der Waals surface area contributed by atoms with Crippen molar-refractivity contribution in [3.63, 3.8) is 0 Å². The van der Waals surface area contributed by atoms with Gasteiger partial charge in [-0.25, -0.2) is 14.8 Å². The summed E-state index contributed by atoms with van der Waals surface area (Å²) in [7, 11) is 0. The van der Waals surface area contributed by atoms with Gasteiger partial charge in [0.25, 0.3) is 34.7 Å². The zero-order chi connectivity index (χ0) is 45.5. The summed E-state index contributed by atoms with van der Waals surface area (Å²) in [5.41, 5.74) is 4.46. The van der Waals surface area contributed by atoms with E-state index in [1.165, 1.54) is 27.6 Å². The summed E-state index contributed by atoms with van der Waals surface area (Å²) in [5, 5.41) is 15.1. The van der Waals surface area contributed by atoms with Crippen LogP contribution in [-0.2, 0) is 60.2 Å². The lowest BCUT2D eigenvalue weighted by molar-refractivity contribution is -0.119. The number of nitrogens with one attached hydrogen (secondary N) is 7. The first-order chi connectivity index (χ1) is 32.0. The van der Waals surface area contributed by atoms with Crippen molar-refractivity contribution in [3.8, 4) is 11.5 Å². The molecule has 4 aliphatic heterocycles. The van der Waals surface area contributed by atoms with Crippen LogP contribution in [0.15, 0.2) is 76.3 Å². The second-order valence-electron chi connectivity index (χ2n) is 15.4. The van der Waals surface area contributed by atoms with Crippen LogP contribution in [-0.4, -0.2) is 67.8 Å². The van der Waals surface area contributed by atoms with Gasteiger partial charge in [0.1, 0.15) is 27.8 Å². The fourth-order valence-electron chi connectivity index (χ4n) is 7.73. The van der Waals surface area contributed by atoms with E-state index < -0.39 is 23.5 Å². The van der Waals surface area contributed by atoms with E-state index in [9.17, 15) is 33.6 Å². The number of nitrogens with zero attached hydrogens (tertiary/aromatic N) is 3. The number of aromatic amines is 2. The van der Waals surface area contributed by atoms with Crippen molar-refractivity contribution in [3.05, 3.63) is 137 Å². The molecular formula is C44H37BrN10O10S2. The maximum Gasteiger partial charge on any atom is 0.410 e. The van der Waals surface area contributed by atoms with Crippen molar-refractivity contribution in [1.29, 1.82) is 0 Å². The second kappa shape index (κ2) is 18.8. The van der Waals surface area contributed by atoms with Gasteiger partial charge in [-0.05, 0) is 46.5 Å². The molecule has 7 N–H and O–H groups in total. The Balaban J connectivity index is 0.000000173. The number of rotatable bonds is 8. The zero-order valence-electron chi connectivity index (χ0n) is 34.9. The maximum absolute atomic E-state index is 12.9. The van der Waals surface area contributed by atoms with Crippen LogP contribution in [0.5, 0.6) is 11.5 Å². The van der Waals surface area contributed by atoms with Gasteiger partial charge in [0, 0.05) is 41.5 Å². The van der Waals surface area contributed by atoms with Crippen molar-refractivity contribution in [2.75, 3.05) is 23.8 Å². The van der Waals surface area contributed by atoms with E-state index >= 15 is 0 Å². The maximum atomic E-state index is 12.9. The predicted octanol–water partition coefficient (Wildman–Crippen LogP) is 4.32. The van der Waals surface area contributed by atoms with Gasteiger partial charge in [-0.1, -0.05) is 42.5 Å². The molecule has 0 aliphatic carbocycles. The fraction of sp³-hybridized carbons (Fsp3) is 0.205. The Morgan fingerprint density at radius 2 is 1.22 bits per heavy atom. The minimum absolute atomic E-state index is 0. The fourth-order valence-corrected chi connectivity index (χ4v) is 10.1. The number of benzene rings is 3. The highest BCUT2D eigenvalue weighted by atomic mass is 79.9. The molecule has 8 heterocycles. The Kier molecular flexibility index (Phi) is 12.5. The molecule has 11 rings (SSSR count). The highest BCUT2D eigenvalue weighted by Gasteiger charge is 2.31. The van der Waals surface area contributed by atoms with E-state index in [1.807, 2.05) is 30.3 Å². The van der Waals surface area contributed by atoms with Gasteiger partial charge in [-0.3, -0.25) is 33.7 Å². The van der Waals surface area contributed by atoms with Crippen LogP contribution < -0.4 is 47.2 Å². The summed E-state index contributed by atoms with van der Waals surface area (Å²) in [6.07, 6.45) is -0.459. The molecule has 20 nitrogen and oxygen atoms in total. The predicted molar refractivity (Wildman–Crippen MR) is 251 cm³/mol. The van der Waals surface area contributed by atoms with Crippen molar-refractivity contribution in [2.24, 2.45) is 0 Å². The van der Waals surface area contributed by atoms with Crippen LogP contribution in [0.25, 0.3) is 20.4 Å². The minimum Gasteiger partial charge on any atom is -0.482 e. The average Bonchev–Trinajstić information content (AvgIpc) is 4.11. The molecule has 4 aromatic heterocycles. The number of ether oxygens (including phenoxy) is 3. The standard InChI is InChI=1S/C26H21N5O6S.C18H15N5O4S.BrH/c32-20-13-36-18-7-6-15(8-17(18)28-20)9-27-24(34)22-29-23(33)21-16-10-31(11-19(16)38-25(21)30-22)26(35)37-12-14-4-2-1-3-5-14;24-13-7-27-11-2-1-8(3-10(11)21-13)4-20-17(26)15-22-16(25)14-9-5-19-6-12(9)28-18(14)23-15;/h1-8H,9-13H2,(H,27,34)(H,28,32)(H,29,30,33);1-3,19H,4-7H2,(H,20,26)(H,21,24)(H,22,23,25);1H. The summed E-state index contributed by atoms with van der Waals surface area (Å²) in [4.78, 5) is 104. The van der Waals surface area contributed by atoms with Crippen molar-refractivity contribution >= 4 is 101 Å². The summed E-state index contributed by atoms with van der Waals surface area (Å²) in [6.45, 7) is 2.40. The molecule has 67 heavy (non-hydrogen) atoms. The molecular weight excluding hydrogens is 973 g/mol. The molecule has 0 saturated carbocycles. The first-order valence-electron chi connectivity index (χ1n) is 20.5. The Labute approximate surface area is 396 Å². The number of aromatic nitrogens is 4. The Hall–Kier alpha value is -7.47. The Morgan fingerprint density at radius 1 is 0.672 bits per heavy atom. The van der Waals surface area contributed by atoms with Crippen LogP contribution in [0.3, 0.4) is 0 Å². The van der Waals surface area contributed by atoms with E-state index in [2.05, 4.69) is 46.5 Å². The number of fused-ring (bicyclic) bond motifs is 8. The van der Waals surface area contributed by atoms with Crippen LogP contribution >= 0.6 is 39.7 Å². The van der Waals surface area contributed by atoms with Gasteiger partial charge in [0.05, 0.1) is 35.2 Å². The normalized spacial score (nSPS) is 14.1. The Bertz CT molecular complexity index is 3280. The number of hydrogen-bond acceptors (Lipinski definition) is 15. The third-order valence-corrected chi connectivity index (χ3v) is 13.1. The molecule has 0 atom stereocenters. The van der Waals surface area contributed by atoms with Gasteiger partial charge in [-0.15, -0.1) is 39.7 Å². The topological polar surface area (TPSA) is 268 Å². The number of halogens is 1. The smallest absolute Gasteiger partial charge is 0.410 e. The molecule has 0 spiro atoms. The minimum atomic E-state index is -0.540. The van der Waals surface area contributed by atoms with Crippen LogP contribution in [0, 0.1) is 0 Å². The zero-order valence-corrected chi connectivity index (χ0v) is 38.2. The number of H-pyrrole nitrogens is 2. The number of carbonyl (C=O) groups excluding carboxylic acids is 5. The highest BCUT2D eigenvalue weighted by Crippen LogP contribution is 2.36. The molecule has 3 aromatic carbocycles. The van der Waals surface area contributed by atoms with Gasteiger partial charge in [-0.2, -0.15) is 0 Å². The third-order valence-electron chi connectivity index (χ3n) is 10.9. The van der Waals surface area contributed by atoms with E-state index in [1.54, 1.807) is 36.4 Å². The lowest BCUT2D eigenvalue weighted by Crippen LogP contribution is -2.28. The number of anilines is 2. The van der Waals surface area contributed by atoms with Crippen LogP contribution in [0.4, 0.5) is 16.2 Å². The SMILES string of the molecule is Br.O=C1COc2ccc(CNC(=O)c3nc4sc5c(c4c(=O)[nH]3)CN(C(=O)OCc3ccccc3)C5)cc2N1.O=C1COc2ccc(CNC(=O)c3nc4sc5c(c4c(=O)[nH]3)CNC5)cc2N1. The summed E-state index contributed by atoms with van der Waals surface area (Å²) < 4.78 is 16.1. The number of carbonyl (C=O) groups is 5. The van der Waals surface area contributed by atoms with Gasteiger partial charge < -0.3 is 50.8 Å². The molecule has 0 fully saturated rings. The quantitative estimate of drug-likeness (QED) is 0.112. The van der Waals surface area contributed by atoms with Crippen molar-refractivity contribution in [1.82, 2.24) is 40.8 Å². The number of thiophene rings is 2. The van der Waals surface area contributed by atoms with E-state index in [-0.39, 0.29) is 85.5 Å². The monoisotopic (exact) mass is 1010 g/mol. The lowest BCUT2D eigenvalue weighted by atomic mass is 10.1. The van der Waals surface area contributed by atoms with E-state index in [4.69, 9.17) is 14.2 Å². The van der Waals surface area contributed by atoms with Crippen molar-refractivity contribution in [2.45, 2.75) is 45.9 Å². The molecule has 0 radical (unpaired) electrons. The highest BCUT2D eigenvalue weighted by molar-refractivity contribution is 8.93. The first-order valence-corrected chi connectivity index (χ1v) is 22.1. The molecule has 23 heteroatoms. The van der Waals surface area contributed by atoms with Gasteiger partial charge in [0.15, 0.2) is 13.2 Å². The van der Waals surface area contributed by atoms with Crippen molar-refractivity contribution < 1.29 is 38.2 Å². The molecule has 0 unspecified atom stereocenters. The summed E-state index contributed by atoms with van der Waals surface area (Å²) in [5.74, 6) is -0.441. The third kappa shape index (κ3) is 9.34. The van der Waals surface area contributed by atoms with E-state index in [0.29, 0.717) is 56.4 Å². The largest absolute Gasteiger partial charge is 0.482 e. The molecule has 342 valence electrons. The van der Waals surface area contributed by atoms with Gasteiger partial charge >= 0.3 is 6.09 Å². The average molecular weight is 1010 g/mol. The molecule has 4 aliphatic rings.